The molecule has 0 saturated carbocycles. The summed E-state index contributed by atoms with van der Waals surface area (Å²) >= 11 is 1.72. The van der Waals surface area contributed by atoms with Gasteiger partial charge in [0, 0.05) is 23.3 Å². The molecule has 0 bridgehead atoms. The van der Waals surface area contributed by atoms with Crippen LogP contribution < -0.4 is 5.32 Å². The minimum atomic E-state index is -0.152. The van der Waals surface area contributed by atoms with E-state index in [9.17, 15) is 4.79 Å². The number of aliphatic hydroxyl groups is 1. The van der Waals surface area contributed by atoms with E-state index in [2.05, 4.69) is 18.3 Å². The van der Waals surface area contributed by atoms with Gasteiger partial charge in [-0.05, 0) is 18.6 Å². The Morgan fingerprint density at radius 3 is 2.75 bits per heavy atom. The average molecular weight is 242 g/mol. The smallest absolute Gasteiger partial charge is 0.317 e. The van der Waals surface area contributed by atoms with Gasteiger partial charge in [-0.1, -0.05) is 6.92 Å². The first-order valence-electron chi connectivity index (χ1n) is 5.34. The van der Waals surface area contributed by atoms with Gasteiger partial charge in [0.2, 0.25) is 0 Å². The first kappa shape index (κ1) is 13.0. The fourth-order valence-corrected chi connectivity index (χ4v) is 2.15. The van der Waals surface area contributed by atoms with Crippen molar-refractivity contribution in [3.63, 3.8) is 0 Å². The number of carbonyl (C=O) groups excluding carboxylic acids is 1. The summed E-state index contributed by atoms with van der Waals surface area (Å²) in [5, 5.41) is 11.5. The Bertz CT molecular complexity index is 338. The maximum Gasteiger partial charge on any atom is 0.317 e. The highest BCUT2D eigenvalue weighted by Gasteiger charge is 2.07. The molecule has 0 atom stereocenters. The van der Waals surface area contributed by atoms with Crippen molar-refractivity contribution in [1.29, 1.82) is 0 Å². The maximum atomic E-state index is 11.5. The molecule has 1 heterocycles. The van der Waals surface area contributed by atoms with Crippen LogP contribution in [0.4, 0.5) is 4.79 Å². The molecule has 0 fully saturated rings. The van der Waals surface area contributed by atoms with Crippen molar-refractivity contribution in [1.82, 2.24) is 10.2 Å². The van der Waals surface area contributed by atoms with Crippen molar-refractivity contribution in [2.24, 2.45) is 0 Å². The average Bonchev–Trinajstić information content (AvgIpc) is 2.74. The second kappa shape index (κ2) is 6.50. The Morgan fingerprint density at radius 2 is 2.19 bits per heavy atom. The number of thiophene rings is 1. The highest BCUT2D eigenvalue weighted by Crippen LogP contribution is 2.16. The largest absolute Gasteiger partial charge is 0.395 e. The van der Waals surface area contributed by atoms with Gasteiger partial charge in [0.1, 0.15) is 0 Å². The lowest BCUT2D eigenvalue weighted by molar-refractivity contribution is 0.190. The standard InChI is InChI=1S/C11H18N2O2S/c1-3-9-4-5-10(16-9)8-12-11(15)13(2)6-7-14/h4-5,14H,3,6-8H2,1-2H3,(H,12,15). The predicted octanol–water partition coefficient (Wildman–Crippen LogP) is 1.44. The van der Waals surface area contributed by atoms with Gasteiger partial charge in [-0.2, -0.15) is 0 Å². The van der Waals surface area contributed by atoms with Gasteiger partial charge in [-0.3, -0.25) is 0 Å². The number of nitrogens with one attached hydrogen (secondary N) is 1. The van der Waals surface area contributed by atoms with Crippen LogP contribution in [0.25, 0.3) is 0 Å². The lowest BCUT2D eigenvalue weighted by Gasteiger charge is -2.15. The van der Waals surface area contributed by atoms with Crippen LogP contribution in [0.2, 0.25) is 0 Å². The summed E-state index contributed by atoms with van der Waals surface area (Å²) in [6.45, 7) is 3.02. The van der Waals surface area contributed by atoms with Gasteiger partial charge < -0.3 is 15.3 Å². The molecule has 4 nitrogen and oxygen atoms in total. The van der Waals surface area contributed by atoms with Crippen LogP contribution in [0, 0.1) is 0 Å². The summed E-state index contributed by atoms with van der Waals surface area (Å²) < 4.78 is 0. The van der Waals surface area contributed by atoms with Gasteiger partial charge in [-0.15, -0.1) is 11.3 Å². The first-order chi connectivity index (χ1) is 7.67. The lowest BCUT2D eigenvalue weighted by atomic mass is 10.4. The maximum absolute atomic E-state index is 11.5. The molecule has 2 N–H and O–H groups in total. The van der Waals surface area contributed by atoms with Crippen LogP contribution in [-0.2, 0) is 13.0 Å². The topological polar surface area (TPSA) is 52.6 Å². The Kier molecular flexibility index (Phi) is 5.28. The molecule has 0 aromatic carbocycles. The normalized spacial score (nSPS) is 10.2. The van der Waals surface area contributed by atoms with Crippen LogP contribution in [0.15, 0.2) is 12.1 Å². The molecule has 0 saturated heterocycles. The van der Waals surface area contributed by atoms with E-state index >= 15 is 0 Å². The molecule has 0 aliphatic rings. The van der Waals surface area contributed by atoms with E-state index in [4.69, 9.17) is 5.11 Å². The first-order valence-corrected chi connectivity index (χ1v) is 6.16. The molecule has 0 aliphatic carbocycles. The Labute approximate surface area is 99.9 Å². The highest BCUT2D eigenvalue weighted by atomic mass is 32.1. The molecule has 1 rings (SSSR count). The second-order valence-corrected chi connectivity index (χ2v) is 4.78. The summed E-state index contributed by atoms with van der Waals surface area (Å²) in [7, 11) is 1.66. The van der Waals surface area contributed by atoms with Crippen LogP contribution in [0.1, 0.15) is 16.7 Å². The van der Waals surface area contributed by atoms with E-state index in [1.165, 1.54) is 9.78 Å². The number of rotatable bonds is 5. The van der Waals surface area contributed by atoms with Gasteiger partial charge in [0.05, 0.1) is 13.2 Å². The molecular formula is C11H18N2O2S. The van der Waals surface area contributed by atoms with E-state index in [0.29, 0.717) is 13.1 Å². The molecule has 0 aliphatic heterocycles. The van der Waals surface area contributed by atoms with Crippen LogP contribution in [0.3, 0.4) is 0 Å². The summed E-state index contributed by atoms with van der Waals surface area (Å²) in [5.74, 6) is 0. The molecule has 90 valence electrons. The van der Waals surface area contributed by atoms with Crippen molar-refractivity contribution in [3.05, 3.63) is 21.9 Å². The zero-order chi connectivity index (χ0) is 12.0. The fraction of sp³-hybridized carbons (Fsp3) is 0.545. The molecule has 2 amide bonds. The third kappa shape index (κ3) is 3.83. The number of carbonyl (C=O) groups is 1. The Balaban J connectivity index is 2.36. The van der Waals surface area contributed by atoms with Crippen LogP contribution in [0.5, 0.6) is 0 Å². The zero-order valence-corrected chi connectivity index (χ0v) is 10.5. The molecule has 0 unspecified atom stereocenters. The van der Waals surface area contributed by atoms with Crippen molar-refractivity contribution in [2.75, 3.05) is 20.2 Å². The summed E-state index contributed by atoms with van der Waals surface area (Å²) in [6.07, 6.45) is 1.03. The molecule has 1 aromatic rings. The number of hydrogen-bond donors (Lipinski definition) is 2. The van der Waals surface area contributed by atoms with Gasteiger partial charge in [0.25, 0.3) is 0 Å². The number of aryl methyl sites for hydroxylation is 1. The van der Waals surface area contributed by atoms with Crippen molar-refractivity contribution in [2.45, 2.75) is 19.9 Å². The van der Waals surface area contributed by atoms with Gasteiger partial charge >= 0.3 is 6.03 Å². The fourth-order valence-electron chi connectivity index (χ4n) is 1.26. The molecule has 16 heavy (non-hydrogen) atoms. The van der Waals surface area contributed by atoms with Gasteiger partial charge in [-0.25, -0.2) is 4.79 Å². The van der Waals surface area contributed by atoms with Crippen LogP contribution in [-0.4, -0.2) is 36.2 Å². The summed E-state index contributed by atoms with van der Waals surface area (Å²) in [5.41, 5.74) is 0. The van der Waals surface area contributed by atoms with E-state index in [1.807, 2.05) is 6.07 Å². The molecule has 1 aromatic heterocycles. The van der Waals surface area contributed by atoms with Crippen LogP contribution >= 0.6 is 11.3 Å². The summed E-state index contributed by atoms with van der Waals surface area (Å²) in [4.78, 5) is 15.4. The molecule has 0 spiro atoms. The third-order valence-corrected chi connectivity index (χ3v) is 3.49. The Morgan fingerprint density at radius 1 is 1.50 bits per heavy atom. The van der Waals surface area contributed by atoms with E-state index in [0.717, 1.165) is 11.3 Å². The number of nitrogens with zero attached hydrogens (tertiary/aromatic N) is 1. The van der Waals surface area contributed by atoms with Crippen molar-refractivity contribution >= 4 is 17.4 Å². The zero-order valence-electron chi connectivity index (χ0n) is 9.69. The summed E-state index contributed by atoms with van der Waals surface area (Å²) in [6, 6.07) is 3.97. The van der Waals surface area contributed by atoms with E-state index < -0.39 is 0 Å². The number of urea groups is 1. The molecule has 0 radical (unpaired) electrons. The minimum Gasteiger partial charge on any atom is -0.395 e. The monoisotopic (exact) mass is 242 g/mol. The predicted molar refractivity (Wildman–Crippen MR) is 65.6 cm³/mol. The lowest BCUT2D eigenvalue weighted by Crippen LogP contribution is -2.38. The van der Waals surface area contributed by atoms with E-state index in [1.54, 1.807) is 18.4 Å². The van der Waals surface area contributed by atoms with Crippen molar-refractivity contribution in [3.8, 4) is 0 Å². The Hall–Kier alpha value is -1.07. The van der Waals surface area contributed by atoms with E-state index in [-0.39, 0.29) is 12.6 Å². The van der Waals surface area contributed by atoms with Gasteiger partial charge in [0.15, 0.2) is 0 Å². The number of aliphatic hydroxyl groups excluding tert-OH is 1. The molecule has 5 heteroatoms. The highest BCUT2D eigenvalue weighted by molar-refractivity contribution is 7.11. The SMILES string of the molecule is CCc1ccc(CNC(=O)N(C)CCO)s1. The quantitative estimate of drug-likeness (QED) is 0.821. The number of hydrogen-bond acceptors (Lipinski definition) is 3. The van der Waals surface area contributed by atoms with Crippen molar-refractivity contribution < 1.29 is 9.90 Å². The number of amides is 2. The minimum absolute atomic E-state index is 0.0110. The second-order valence-electron chi connectivity index (χ2n) is 3.53. The molecular weight excluding hydrogens is 224 g/mol. The number of likely N-dealkylation sites (N-methyl/N-ethyl adjacent to an activating group) is 1. The third-order valence-electron chi connectivity index (χ3n) is 2.26.